The van der Waals surface area contributed by atoms with Gasteiger partial charge in [0.05, 0.1) is 13.4 Å². The summed E-state index contributed by atoms with van der Waals surface area (Å²) in [6.07, 6.45) is 2.39. The number of hydrogen-bond acceptors (Lipinski definition) is 7. The third-order valence-electron chi connectivity index (χ3n) is 1.82. The average Bonchev–Trinajstić information content (AvgIpc) is 2.23. The highest BCUT2D eigenvalue weighted by molar-refractivity contribution is 7.88. The first-order valence-corrected chi connectivity index (χ1v) is 6.66. The van der Waals surface area contributed by atoms with Gasteiger partial charge in [0.25, 0.3) is 0 Å². The lowest BCUT2D eigenvalue weighted by Crippen LogP contribution is -2.27. The number of ether oxygens (including phenoxy) is 1. The third kappa shape index (κ3) is 4.41. The Labute approximate surface area is 99.6 Å². The van der Waals surface area contributed by atoms with Crippen LogP contribution in [-0.2, 0) is 10.0 Å². The maximum atomic E-state index is 10.8. The molecule has 0 saturated carbocycles. The average molecular weight is 261 g/mol. The molecule has 0 bridgehead atoms. The zero-order valence-corrected chi connectivity index (χ0v) is 10.4. The Morgan fingerprint density at radius 3 is 2.71 bits per heavy atom. The number of sulfonamides is 1. The van der Waals surface area contributed by atoms with Crippen LogP contribution in [0.5, 0.6) is 5.75 Å². The first kappa shape index (κ1) is 13.5. The van der Waals surface area contributed by atoms with E-state index in [0.29, 0.717) is 18.1 Å². The molecule has 0 amide bonds. The summed E-state index contributed by atoms with van der Waals surface area (Å²) in [6.45, 7) is 0.603. The van der Waals surface area contributed by atoms with Crippen LogP contribution < -0.4 is 20.5 Å². The molecule has 9 heteroatoms. The van der Waals surface area contributed by atoms with E-state index in [2.05, 4.69) is 20.0 Å². The second kappa shape index (κ2) is 5.64. The predicted molar refractivity (Wildman–Crippen MR) is 64.3 cm³/mol. The Balaban J connectivity index is 2.55. The Hall–Kier alpha value is -1.61. The Morgan fingerprint density at radius 2 is 2.12 bits per heavy atom. The van der Waals surface area contributed by atoms with E-state index >= 15 is 0 Å². The van der Waals surface area contributed by atoms with Crippen molar-refractivity contribution in [1.29, 1.82) is 0 Å². The molecule has 96 valence electrons. The summed E-state index contributed by atoms with van der Waals surface area (Å²) in [5, 5.41) is 2.89. The van der Waals surface area contributed by atoms with E-state index in [1.807, 2.05) is 0 Å². The number of nitrogens with one attached hydrogen (secondary N) is 2. The Bertz CT molecular complexity index is 476. The third-order valence-corrected chi connectivity index (χ3v) is 2.55. The van der Waals surface area contributed by atoms with Gasteiger partial charge in [-0.2, -0.15) is 0 Å². The molecule has 17 heavy (non-hydrogen) atoms. The predicted octanol–water partition coefficient (Wildman–Crippen LogP) is -0.971. The molecule has 0 radical (unpaired) electrons. The van der Waals surface area contributed by atoms with Crippen molar-refractivity contribution >= 4 is 21.7 Å². The smallest absolute Gasteiger partial charge is 0.208 e. The SMILES string of the molecule is COc1c(N)ncnc1NCCNS(C)(=O)=O. The van der Waals surface area contributed by atoms with Crippen molar-refractivity contribution in [2.24, 2.45) is 0 Å². The molecular weight excluding hydrogens is 246 g/mol. The lowest BCUT2D eigenvalue weighted by atomic mass is 10.4. The van der Waals surface area contributed by atoms with Crippen LogP contribution in [0.15, 0.2) is 6.33 Å². The number of anilines is 2. The van der Waals surface area contributed by atoms with Gasteiger partial charge in [-0.05, 0) is 0 Å². The van der Waals surface area contributed by atoms with Gasteiger partial charge >= 0.3 is 0 Å². The van der Waals surface area contributed by atoms with Gasteiger partial charge < -0.3 is 15.8 Å². The fourth-order valence-corrected chi connectivity index (χ4v) is 1.60. The summed E-state index contributed by atoms with van der Waals surface area (Å²) in [5.41, 5.74) is 5.58. The lowest BCUT2D eigenvalue weighted by molar-refractivity contribution is 0.415. The number of nitrogens with two attached hydrogens (primary N) is 1. The van der Waals surface area contributed by atoms with Crippen molar-refractivity contribution in [2.45, 2.75) is 0 Å². The quantitative estimate of drug-likeness (QED) is 0.563. The molecule has 8 nitrogen and oxygen atoms in total. The lowest BCUT2D eigenvalue weighted by Gasteiger charge is -2.10. The van der Waals surface area contributed by atoms with Gasteiger partial charge in [-0.25, -0.2) is 23.1 Å². The summed E-state index contributed by atoms with van der Waals surface area (Å²) in [6, 6.07) is 0. The summed E-state index contributed by atoms with van der Waals surface area (Å²) in [7, 11) is -1.73. The van der Waals surface area contributed by atoms with Crippen LogP contribution in [-0.4, -0.2) is 44.8 Å². The zero-order chi connectivity index (χ0) is 12.9. The van der Waals surface area contributed by atoms with Crippen molar-refractivity contribution < 1.29 is 13.2 Å². The van der Waals surface area contributed by atoms with Gasteiger partial charge in [0.1, 0.15) is 6.33 Å². The minimum atomic E-state index is -3.18. The highest BCUT2D eigenvalue weighted by Crippen LogP contribution is 2.25. The van der Waals surface area contributed by atoms with E-state index in [0.717, 1.165) is 6.26 Å². The van der Waals surface area contributed by atoms with Crippen molar-refractivity contribution in [3.8, 4) is 5.75 Å². The molecule has 0 aromatic carbocycles. The number of rotatable bonds is 6. The largest absolute Gasteiger partial charge is 0.490 e. The number of methoxy groups -OCH3 is 1. The Morgan fingerprint density at radius 1 is 1.41 bits per heavy atom. The maximum absolute atomic E-state index is 10.8. The maximum Gasteiger partial charge on any atom is 0.208 e. The van der Waals surface area contributed by atoms with E-state index in [4.69, 9.17) is 10.5 Å². The van der Waals surface area contributed by atoms with Crippen molar-refractivity contribution in [1.82, 2.24) is 14.7 Å². The minimum absolute atomic E-state index is 0.223. The van der Waals surface area contributed by atoms with E-state index < -0.39 is 10.0 Å². The van der Waals surface area contributed by atoms with Gasteiger partial charge in [0.15, 0.2) is 11.6 Å². The van der Waals surface area contributed by atoms with Crippen LogP contribution >= 0.6 is 0 Å². The molecule has 1 aromatic heterocycles. The fourth-order valence-electron chi connectivity index (χ4n) is 1.13. The molecule has 1 heterocycles. The van der Waals surface area contributed by atoms with Crippen LogP contribution in [0.25, 0.3) is 0 Å². The first-order valence-electron chi connectivity index (χ1n) is 4.77. The van der Waals surface area contributed by atoms with Crippen LogP contribution in [0, 0.1) is 0 Å². The van der Waals surface area contributed by atoms with Crippen molar-refractivity contribution in [2.75, 3.05) is 37.5 Å². The summed E-state index contributed by atoms with van der Waals surface area (Å²) >= 11 is 0. The number of aromatic nitrogens is 2. The molecule has 1 aromatic rings. The van der Waals surface area contributed by atoms with Crippen LogP contribution in [0.3, 0.4) is 0 Å². The van der Waals surface area contributed by atoms with Gasteiger partial charge in [-0.1, -0.05) is 0 Å². The van der Waals surface area contributed by atoms with Crippen LogP contribution in [0.4, 0.5) is 11.6 Å². The number of nitrogens with zero attached hydrogens (tertiary/aromatic N) is 2. The molecule has 0 aliphatic heterocycles. The minimum Gasteiger partial charge on any atom is -0.490 e. The van der Waals surface area contributed by atoms with Crippen molar-refractivity contribution in [3.05, 3.63) is 6.33 Å². The fraction of sp³-hybridized carbons (Fsp3) is 0.500. The molecule has 0 fully saturated rings. The Kier molecular flexibility index (Phi) is 4.46. The highest BCUT2D eigenvalue weighted by Gasteiger charge is 2.08. The molecule has 0 spiro atoms. The van der Waals surface area contributed by atoms with Crippen LogP contribution in [0.1, 0.15) is 0 Å². The molecule has 0 saturated heterocycles. The van der Waals surface area contributed by atoms with Gasteiger partial charge in [-0.3, -0.25) is 0 Å². The summed E-state index contributed by atoms with van der Waals surface area (Å²) in [5.74, 6) is 0.989. The molecule has 0 aliphatic carbocycles. The van der Waals surface area contributed by atoms with E-state index in [9.17, 15) is 8.42 Å². The first-order chi connectivity index (χ1) is 7.94. The summed E-state index contributed by atoms with van der Waals surface area (Å²) < 4.78 is 29.0. The second-order valence-corrected chi connectivity index (χ2v) is 5.07. The van der Waals surface area contributed by atoms with E-state index in [-0.39, 0.29) is 12.4 Å². The number of hydrogen-bond donors (Lipinski definition) is 3. The van der Waals surface area contributed by atoms with Gasteiger partial charge in [0, 0.05) is 13.1 Å². The highest BCUT2D eigenvalue weighted by atomic mass is 32.2. The van der Waals surface area contributed by atoms with Crippen molar-refractivity contribution in [3.63, 3.8) is 0 Å². The number of nitrogen functional groups attached to an aromatic ring is 1. The monoisotopic (exact) mass is 261 g/mol. The molecular formula is C8H15N5O3S. The molecule has 1 rings (SSSR count). The summed E-state index contributed by atoms with van der Waals surface area (Å²) in [4.78, 5) is 7.71. The van der Waals surface area contributed by atoms with E-state index in [1.54, 1.807) is 0 Å². The second-order valence-electron chi connectivity index (χ2n) is 3.23. The molecule has 0 aliphatic rings. The topological polar surface area (TPSA) is 119 Å². The van der Waals surface area contributed by atoms with Gasteiger partial charge in [0.2, 0.25) is 15.8 Å². The van der Waals surface area contributed by atoms with Gasteiger partial charge in [-0.15, -0.1) is 0 Å². The molecule has 0 unspecified atom stereocenters. The molecule has 0 atom stereocenters. The zero-order valence-electron chi connectivity index (χ0n) is 9.60. The standard InChI is InChI=1S/C8H15N5O3S/c1-16-6-7(9)11-5-12-8(6)10-3-4-13-17(2,14)15/h5,13H,3-4H2,1-2H3,(H3,9,10,11,12). The normalized spacial score (nSPS) is 11.2. The molecule has 4 N–H and O–H groups in total. The van der Waals surface area contributed by atoms with E-state index in [1.165, 1.54) is 13.4 Å². The van der Waals surface area contributed by atoms with Crippen LogP contribution in [0.2, 0.25) is 0 Å².